The smallest absolute Gasteiger partial charge is 0.310 e. The van der Waals surface area contributed by atoms with E-state index in [1.807, 2.05) is 36.4 Å². The van der Waals surface area contributed by atoms with E-state index in [4.69, 9.17) is 4.74 Å². The van der Waals surface area contributed by atoms with Gasteiger partial charge in [-0.2, -0.15) is 0 Å². The van der Waals surface area contributed by atoms with E-state index in [1.54, 1.807) is 6.08 Å². The Labute approximate surface area is 118 Å². The van der Waals surface area contributed by atoms with Crippen LogP contribution in [0, 0.1) is 5.92 Å². The minimum absolute atomic E-state index is 0.0367. The average molecular weight is 271 g/mol. The molecule has 4 nitrogen and oxygen atoms in total. The molecule has 1 fully saturated rings. The van der Waals surface area contributed by atoms with Gasteiger partial charge < -0.3 is 4.74 Å². The van der Waals surface area contributed by atoms with Crippen molar-refractivity contribution in [3.8, 4) is 0 Å². The van der Waals surface area contributed by atoms with Crippen LogP contribution in [-0.2, 0) is 20.9 Å². The van der Waals surface area contributed by atoms with Gasteiger partial charge in [0.15, 0.2) is 5.78 Å². The van der Waals surface area contributed by atoms with E-state index >= 15 is 0 Å². The van der Waals surface area contributed by atoms with Crippen LogP contribution in [0.4, 0.5) is 0 Å². The third-order valence-corrected chi connectivity index (χ3v) is 4.17. The maximum atomic E-state index is 12.0. The molecule has 0 spiro atoms. The quantitative estimate of drug-likeness (QED) is 0.783. The number of nitrogens with zero attached hydrogens (tertiary/aromatic N) is 1. The number of carbonyl (C=O) groups excluding carboxylic acids is 2. The van der Waals surface area contributed by atoms with Crippen molar-refractivity contribution >= 4 is 11.8 Å². The summed E-state index contributed by atoms with van der Waals surface area (Å²) in [5, 5.41) is 0. The molecule has 0 N–H and O–H groups in total. The minimum atomic E-state index is -0.239. The van der Waals surface area contributed by atoms with Gasteiger partial charge in [0.25, 0.3) is 0 Å². The van der Waals surface area contributed by atoms with Crippen molar-refractivity contribution in [3.05, 3.63) is 48.0 Å². The first-order valence-electron chi connectivity index (χ1n) is 6.80. The van der Waals surface area contributed by atoms with Crippen LogP contribution in [0.25, 0.3) is 0 Å². The van der Waals surface area contributed by atoms with Crippen molar-refractivity contribution in [1.29, 1.82) is 0 Å². The second kappa shape index (κ2) is 5.21. The Morgan fingerprint density at radius 1 is 1.35 bits per heavy atom. The number of methoxy groups -OCH3 is 1. The lowest BCUT2D eigenvalue weighted by Gasteiger charge is -2.31. The molecule has 0 saturated carbocycles. The molecule has 1 aromatic carbocycles. The maximum absolute atomic E-state index is 12.0. The second-order valence-corrected chi connectivity index (χ2v) is 5.29. The molecule has 2 aliphatic rings. The van der Waals surface area contributed by atoms with Gasteiger partial charge in [0.2, 0.25) is 0 Å². The number of hydrogen-bond acceptors (Lipinski definition) is 4. The van der Waals surface area contributed by atoms with Crippen LogP contribution >= 0.6 is 0 Å². The molecule has 1 saturated heterocycles. The molecule has 2 bridgehead atoms. The average Bonchev–Trinajstić information content (AvgIpc) is 2.73. The highest BCUT2D eigenvalue weighted by atomic mass is 16.5. The van der Waals surface area contributed by atoms with Crippen LogP contribution < -0.4 is 0 Å². The zero-order valence-corrected chi connectivity index (χ0v) is 11.4. The molecule has 104 valence electrons. The predicted octanol–water partition coefficient (Wildman–Crippen LogP) is 1.56. The van der Waals surface area contributed by atoms with Gasteiger partial charge in [-0.05, 0) is 18.1 Å². The Bertz CT molecular complexity index is 552. The van der Waals surface area contributed by atoms with Crippen LogP contribution in [0.2, 0.25) is 0 Å². The third-order valence-electron chi connectivity index (χ3n) is 4.17. The van der Waals surface area contributed by atoms with Gasteiger partial charge in [-0.25, -0.2) is 0 Å². The highest BCUT2D eigenvalue weighted by molar-refractivity contribution is 5.97. The minimum Gasteiger partial charge on any atom is -0.469 e. The van der Waals surface area contributed by atoms with Crippen molar-refractivity contribution in [1.82, 2.24) is 4.90 Å². The van der Waals surface area contributed by atoms with Crippen molar-refractivity contribution in [3.63, 3.8) is 0 Å². The number of hydrogen-bond donors (Lipinski definition) is 0. The Kier molecular flexibility index (Phi) is 3.40. The van der Waals surface area contributed by atoms with Crippen molar-refractivity contribution in [2.45, 2.75) is 25.0 Å². The predicted molar refractivity (Wildman–Crippen MR) is 73.8 cm³/mol. The van der Waals surface area contributed by atoms with Gasteiger partial charge in [0.05, 0.1) is 19.1 Å². The number of fused-ring (bicyclic) bond motifs is 2. The van der Waals surface area contributed by atoms with Gasteiger partial charge in [-0.3, -0.25) is 14.5 Å². The number of ketones is 1. The molecular weight excluding hydrogens is 254 g/mol. The number of carbonyl (C=O) groups is 2. The maximum Gasteiger partial charge on any atom is 0.310 e. The van der Waals surface area contributed by atoms with Gasteiger partial charge in [0.1, 0.15) is 0 Å². The molecule has 3 atom stereocenters. The standard InChI is InChI=1S/C16H17NO3/c1-20-16(19)12-9-14-15(18)8-7-13(12)17(14)10-11-5-3-2-4-6-11/h2-8,12-14H,9-10H2,1H3/t12-,13-,14-/m0/s1. The summed E-state index contributed by atoms with van der Waals surface area (Å²) in [5.41, 5.74) is 1.15. The third kappa shape index (κ3) is 2.16. The van der Waals surface area contributed by atoms with Crippen LogP contribution in [0.15, 0.2) is 42.5 Å². The van der Waals surface area contributed by atoms with Gasteiger partial charge in [-0.15, -0.1) is 0 Å². The Hall–Kier alpha value is -1.94. The lowest BCUT2D eigenvalue weighted by molar-refractivity contribution is -0.145. The van der Waals surface area contributed by atoms with E-state index in [0.717, 1.165) is 5.56 Å². The SMILES string of the molecule is COC(=O)[C@H]1C[C@H]2C(=O)C=C[C@@H]1N2Cc1ccccc1. The van der Waals surface area contributed by atoms with Crippen LogP contribution in [0.5, 0.6) is 0 Å². The lowest BCUT2D eigenvalue weighted by Crippen LogP contribution is -2.43. The molecule has 0 aliphatic carbocycles. The molecule has 3 rings (SSSR count). The molecule has 0 radical (unpaired) electrons. The number of rotatable bonds is 3. The van der Waals surface area contributed by atoms with E-state index in [2.05, 4.69) is 4.90 Å². The van der Waals surface area contributed by atoms with E-state index in [0.29, 0.717) is 13.0 Å². The van der Waals surface area contributed by atoms with Crippen LogP contribution in [-0.4, -0.2) is 35.8 Å². The Balaban J connectivity index is 1.86. The first-order valence-corrected chi connectivity index (χ1v) is 6.80. The number of benzene rings is 1. The topological polar surface area (TPSA) is 46.6 Å². The van der Waals surface area contributed by atoms with E-state index in [1.165, 1.54) is 7.11 Å². The molecule has 1 aromatic rings. The summed E-state index contributed by atoms with van der Waals surface area (Å²) < 4.78 is 4.87. The molecule has 2 aliphatic heterocycles. The summed E-state index contributed by atoms with van der Waals surface area (Å²) in [7, 11) is 1.40. The molecule has 4 heteroatoms. The largest absolute Gasteiger partial charge is 0.469 e. The zero-order valence-electron chi connectivity index (χ0n) is 11.4. The van der Waals surface area contributed by atoms with Crippen molar-refractivity contribution in [2.24, 2.45) is 5.92 Å². The number of ether oxygens (including phenoxy) is 1. The van der Waals surface area contributed by atoms with E-state index in [-0.39, 0.29) is 29.8 Å². The summed E-state index contributed by atoms with van der Waals surface area (Å²) in [6.45, 7) is 0.680. The fraction of sp³-hybridized carbons (Fsp3) is 0.375. The van der Waals surface area contributed by atoms with E-state index in [9.17, 15) is 9.59 Å². The van der Waals surface area contributed by atoms with Gasteiger partial charge in [0, 0.05) is 12.6 Å². The highest BCUT2D eigenvalue weighted by Crippen LogP contribution is 2.36. The van der Waals surface area contributed by atoms with Crippen LogP contribution in [0.1, 0.15) is 12.0 Å². The first-order chi connectivity index (χ1) is 9.70. The zero-order chi connectivity index (χ0) is 14.1. The Morgan fingerprint density at radius 3 is 2.80 bits per heavy atom. The summed E-state index contributed by atoms with van der Waals surface area (Å²) in [4.78, 5) is 26.0. The molecule has 0 amide bonds. The normalized spacial score (nSPS) is 28.6. The monoisotopic (exact) mass is 271 g/mol. The molecule has 0 unspecified atom stereocenters. The summed E-state index contributed by atoms with van der Waals surface area (Å²) in [5.74, 6) is -0.380. The highest BCUT2D eigenvalue weighted by Gasteiger charge is 2.48. The second-order valence-electron chi connectivity index (χ2n) is 5.29. The molecular formula is C16H17NO3. The van der Waals surface area contributed by atoms with Gasteiger partial charge in [-0.1, -0.05) is 36.4 Å². The molecule has 0 aromatic heterocycles. The van der Waals surface area contributed by atoms with Crippen molar-refractivity contribution in [2.75, 3.05) is 7.11 Å². The first kappa shape index (κ1) is 13.1. The summed E-state index contributed by atoms with van der Waals surface area (Å²) in [6, 6.07) is 9.77. The van der Waals surface area contributed by atoms with E-state index < -0.39 is 0 Å². The Morgan fingerprint density at radius 2 is 2.10 bits per heavy atom. The lowest BCUT2D eigenvalue weighted by atomic mass is 10.0. The van der Waals surface area contributed by atoms with Gasteiger partial charge >= 0.3 is 5.97 Å². The fourth-order valence-electron chi connectivity index (χ4n) is 3.18. The number of esters is 1. The fourth-order valence-corrected chi connectivity index (χ4v) is 3.18. The molecule has 20 heavy (non-hydrogen) atoms. The summed E-state index contributed by atoms with van der Waals surface area (Å²) >= 11 is 0. The van der Waals surface area contributed by atoms with Crippen LogP contribution in [0.3, 0.4) is 0 Å². The molecule has 2 heterocycles. The van der Waals surface area contributed by atoms with Crippen molar-refractivity contribution < 1.29 is 14.3 Å². The summed E-state index contributed by atoms with van der Waals surface area (Å²) in [6.07, 6.45) is 4.01.